The predicted molar refractivity (Wildman–Crippen MR) is 109 cm³/mol. The smallest absolute Gasteiger partial charge is 0.0276 e. The summed E-state index contributed by atoms with van der Waals surface area (Å²) < 4.78 is 0. The summed E-state index contributed by atoms with van der Waals surface area (Å²) >= 11 is 0. The van der Waals surface area contributed by atoms with Gasteiger partial charge >= 0.3 is 0 Å². The van der Waals surface area contributed by atoms with E-state index in [0.717, 1.165) is 12.8 Å². The molecular weight excluding hydrogens is 288 g/mol. The highest BCUT2D eigenvalue weighted by molar-refractivity contribution is 5.14. The number of hydrogen-bond acceptors (Lipinski definition) is 0. The SMILES string of the molecule is C=CCCCC=CCCC=CCCC=CCCCc1ccccc1. The molecule has 0 amide bonds. The van der Waals surface area contributed by atoms with Gasteiger partial charge in [0.1, 0.15) is 0 Å². The Kier molecular flexibility index (Phi) is 13.5. The minimum atomic E-state index is 1.13. The molecule has 0 bridgehead atoms. The first-order chi connectivity index (χ1) is 11.9. The van der Waals surface area contributed by atoms with Crippen LogP contribution < -0.4 is 0 Å². The third-order valence-electron chi connectivity index (χ3n) is 3.96. The predicted octanol–water partition coefficient (Wildman–Crippen LogP) is 7.59. The molecule has 0 saturated heterocycles. The second-order valence-corrected chi connectivity index (χ2v) is 6.17. The van der Waals surface area contributed by atoms with Crippen molar-refractivity contribution in [3.63, 3.8) is 0 Å². The zero-order valence-corrected chi connectivity index (χ0v) is 15.2. The van der Waals surface area contributed by atoms with Gasteiger partial charge in [0.15, 0.2) is 0 Å². The molecule has 1 rings (SSSR count). The highest BCUT2D eigenvalue weighted by atomic mass is 13.9. The first kappa shape index (κ1) is 20.2. The molecule has 0 aromatic heterocycles. The lowest BCUT2D eigenvalue weighted by atomic mass is 10.1. The Morgan fingerprint density at radius 3 is 1.62 bits per heavy atom. The van der Waals surface area contributed by atoms with Crippen molar-refractivity contribution in [2.75, 3.05) is 0 Å². The number of allylic oxidation sites excluding steroid dienone is 7. The molecule has 0 heteroatoms. The Labute approximate surface area is 149 Å². The normalized spacial score (nSPS) is 11.8. The molecule has 1 aromatic rings. The molecule has 1 aromatic carbocycles. The highest BCUT2D eigenvalue weighted by Gasteiger charge is 1.89. The molecule has 0 heterocycles. The van der Waals surface area contributed by atoms with Crippen LogP contribution in [0.3, 0.4) is 0 Å². The molecule has 0 nitrogen and oxygen atoms in total. The minimum absolute atomic E-state index is 1.13. The summed E-state index contributed by atoms with van der Waals surface area (Å²) in [5.41, 5.74) is 1.45. The quantitative estimate of drug-likeness (QED) is 0.244. The molecule has 0 fully saturated rings. The third kappa shape index (κ3) is 12.7. The number of benzene rings is 1. The lowest BCUT2D eigenvalue weighted by Gasteiger charge is -1.97. The molecule has 0 aliphatic heterocycles. The van der Waals surface area contributed by atoms with E-state index in [9.17, 15) is 0 Å². The van der Waals surface area contributed by atoms with Crippen LogP contribution in [-0.4, -0.2) is 0 Å². The molecule has 0 unspecified atom stereocenters. The van der Waals surface area contributed by atoms with Crippen LogP contribution in [0.2, 0.25) is 0 Å². The molecule has 0 atom stereocenters. The van der Waals surface area contributed by atoms with Crippen LogP contribution in [0.5, 0.6) is 0 Å². The Hall–Kier alpha value is -1.82. The number of unbranched alkanes of at least 4 members (excludes halogenated alkanes) is 5. The van der Waals surface area contributed by atoms with Gasteiger partial charge in [0.2, 0.25) is 0 Å². The van der Waals surface area contributed by atoms with Gasteiger partial charge in [-0.05, 0) is 69.8 Å². The van der Waals surface area contributed by atoms with E-state index in [1.165, 1.54) is 56.9 Å². The van der Waals surface area contributed by atoms with Crippen LogP contribution in [0, 0.1) is 0 Å². The van der Waals surface area contributed by atoms with Crippen molar-refractivity contribution in [3.8, 4) is 0 Å². The molecule has 24 heavy (non-hydrogen) atoms. The third-order valence-corrected chi connectivity index (χ3v) is 3.96. The topological polar surface area (TPSA) is 0 Å². The van der Waals surface area contributed by atoms with E-state index in [-0.39, 0.29) is 0 Å². The molecule has 0 N–H and O–H groups in total. The Bertz CT molecular complexity index is 476. The van der Waals surface area contributed by atoms with E-state index in [1.807, 2.05) is 6.08 Å². The van der Waals surface area contributed by atoms with Crippen LogP contribution in [0.4, 0.5) is 0 Å². The van der Waals surface area contributed by atoms with Gasteiger partial charge in [-0.25, -0.2) is 0 Å². The van der Waals surface area contributed by atoms with Crippen LogP contribution in [0.15, 0.2) is 79.4 Å². The number of aryl methyl sites for hydroxylation is 1. The largest absolute Gasteiger partial charge is 0.103 e. The molecule has 130 valence electrons. The summed E-state index contributed by atoms with van der Waals surface area (Å²) in [5.74, 6) is 0. The van der Waals surface area contributed by atoms with E-state index in [0.29, 0.717) is 0 Å². The average Bonchev–Trinajstić information content (AvgIpc) is 2.62. The van der Waals surface area contributed by atoms with Gasteiger partial charge in [0, 0.05) is 0 Å². The fraction of sp³-hybridized carbons (Fsp3) is 0.417. The molecule has 0 spiro atoms. The van der Waals surface area contributed by atoms with Crippen molar-refractivity contribution in [2.24, 2.45) is 0 Å². The van der Waals surface area contributed by atoms with E-state index in [1.54, 1.807) is 0 Å². The Morgan fingerprint density at radius 2 is 1.08 bits per heavy atom. The Morgan fingerprint density at radius 1 is 0.583 bits per heavy atom. The lowest BCUT2D eigenvalue weighted by molar-refractivity contribution is 0.838. The van der Waals surface area contributed by atoms with E-state index >= 15 is 0 Å². The van der Waals surface area contributed by atoms with E-state index < -0.39 is 0 Å². The van der Waals surface area contributed by atoms with Crippen LogP contribution in [0.1, 0.15) is 63.4 Å². The van der Waals surface area contributed by atoms with Gasteiger partial charge in [0.25, 0.3) is 0 Å². The molecule has 0 radical (unpaired) electrons. The molecule has 0 aliphatic rings. The summed E-state index contributed by atoms with van der Waals surface area (Å²) in [6.45, 7) is 3.74. The van der Waals surface area contributed by atoms with Gasteiger partial charge in [-0.15, -0.1) is 6.58 Å². The van der Waals surface area contributed by atoms with Crippen LogP contribution >= 0.6 is 0 Å². The van der Waals surface area contributed by atoms with Gasteiger partial charge in [-0.3, -0.25) is 0 Å². The number of rotatable bonds is 14. The first-order valence-corrected chi connectivity index (χ1v) is 9.53. The summed E-state index contributed by atoms with van der Waals surface area (Å²) in [6, 6.07) is 10.8. The zero-order chi connectivity index (χ0) is 17.1. The fourth-order valence-electron chi connectivity index (χ4n) is 2.54. The summed E-state index contributed by atoms with van der Waals surface area (Å²) in [5, 5.41) is 0. The van der Waals surface area contributed by atoms with Gasteiger partial charge < -0.3 is 0 Å². The van der Waals surface area contributed by atoms with Crippen molar-refractivity contribution in [1.29, 1.82) is 0 Å². The van der Waals surface area contributed by atoms with Gasteiger partial charge in [-0.1, -0.05) is 72.9 Å². The first-order valence-electron chi connectivity index (χ1n) is 9.53. The van der Waals surface area contributed by atoms with Crippen molar-refractivity contribution in [2.45, 2.75) is 64.2 Å². The maximum atomic E-state index is 3.74. The Balaban J connectivity index is 1.89. The summed E-state index contributed by atoms with van der Waals surface area (Å²) in [6.07, 6.45) is 27.7. The van der Waals surface area contributed by atoms with Gasteiger partial charge in [0.05, 0.1) is 0 Å². The van der Waals surface area contributed by atoms with Crippen LogP contribution in [0.25, 0.3) is 0 Å². The fourth-order valence-corrected chi connectivity index (χ4v) is 2.54. The standard InChI is InChI=1S/C24H34/c1-2-3-4-5-6-7-8-9-10-11-12-13-14-15-16-18-21-24-22-19-17-20-23-24/h2,6-7,10-11,14-15,17,19-20,22-23H,1,3-5,8-9,12-13,16,18,21H2. The maximum absolute atomic E-state index is 3.74. The van der Waals surface area contributed by atoms with Crippen molar-refractivity contribution in [3.05, 3.63) is 85.0 Å². The second kappa shape index (κ2) is 16.1. The lowest BCUT2D eigenvalue weighted by Crippen LogP contribution is -1.82. The average molecular weight is 323 g/mol. The van der Waals surface area contributed by atoms with E-state index in [4.69, 9.17) is 0 Å². The molecular formula is C24H34. The van der Waals surface area contributed by atoms with Gasteiger partial charge in [-0.2, -0.15) is 0 Å². The number of hydrogen-bond donors (Lipinski definition) is 0. The van der Waals surface area contributed by atoms with Crippen molar-refractivity contribution < 1.29 is 0 Å². The van der Waals surface area contributed by atoms with E-state index in [2.05, 4.69) is 73.4 Å². The molecule has 0 aliphatic carbocycles. The second-order valence-electron chi connectivity index (χ2n) is 6.17. The van der Waals surface area contributed by atoms with Crippen molar-refractivity contribution in [1.82, 2.24) is 0 Å². The summed E-state index contributed by atoms with van der Waals surface area (Å²) in [7, 11) is 0. The maximum Gasteiger partial charge on any atom is -0.0276 e. The van der Waals surface area contributed by atoms with Crippen LogP contribution in [-0.2, 0) is 6.42 Å². The highest BCUT2D eigenvalue weighted by Crippen LogP contribution is 2.06. The monoisotopic (exact) mass is 322 g/mol. The zero-order valence-electron chi connectivity index (χ0n) is 15.2. The molecule has 0 saturated carbocycles. The van der Waals surface area contributed by atoms with Crippen molar-refractivity contribution >= 4 is 0 Å². The minimum Gasteiger partial charge on any atom is -0.103 e. The summed E-state index contributed by atoms with van der Waals surface area (Å²) in [4.78, 5) is 0.